The molecule has 0 radical (unpaired) electrons. The number of hydrogen-bond acceptors (Lipinski definition) is 1. The maximum absolute atomic E-state index is 13.9. The van der Waals surface area contributed by atoms with Crippen molar-refractivity contribution in [3.8, 4) is 0 Å². The molecule has 3 aromatic rings. The Hall–Kier alpha value is -2.34. The summed E-state index contributed by atoms with van der Waals surface area (Å²) in [6.45, 7) is 0. The lowest BCUT2D eigenvalue weighted by Gasteiger charge is -2.34. The minimum absolute atomic E-state index is 0.339. The zero-order valence-electron chi connectivity index (χ0n) is 14.5. The molecule has 0 amide bonds. The molecule has 2 aromatic carbocycles. The third-order valence-corrected chi connectivity index (χ3v) is 5.54. The molecule has 1 saturated carbocycles. The molecule has 2 nitrogen and oxygen atoms in total. The molecule has 0 saturated heterocycles. The van der Waals surface area contributed by atoms with Crippen molar-refractivity contribution in [1.82, 2.24) is 4.98 Å². The van der Waals surface area contributed by atoms with Crippen LogP contribution in [0.15, 0.2) is 54.6 Å². The Morgan fingerprint density at radius 3 is 2.26 bits per heavy atom. The molecule has 1 aliphatic carbocycles. The summed E-state index contributed by atoms with van der Waals surface area (Å²) in [5.41, 5.74) is -1.91. The first kappa shape index (κ1) is 18.0. The first-order valence-corrected chi connectivity index (χ1v) is 8.83. The first-order chi connectivity index (χ1) is 12.7. The van der Waals surface area contributed by atoms with E-state index >= 15 is 0 Å². The predicted molar refractivity (Wildman–Crippen MR) is 94.9 cm³/mol. The maximum atomic E-state index is 13.9. The van der Waals surface area contributed by atoms with Gasteiger partial charge in [0.25, 0.3) is 0 Å². The molecule has 27 heavy (non-hydrogen) atoms. The summed E-state index contributed by atoms with van der Waals surface area (Å²) >= 11 is 0. The number of H-pyrrole nitrogens is 1. The van der Waals surface area contributed by atoms with Crippen LogP contribution >= 0.6 is 0 Å². The van der Waals surface area contributed by atoms with Crippen LogP contribution in [0.3, 0.4) is 0 Å². The zero-order valence-corrected chi connectivity index (χ0v) is 14.5. The zero-order chi connectivity index (χ0) is 19.3. The number of halogens is 4. The number of aliphatic hydroxyl groups is 1. The summed E-state index contributed by atoms with van der Waals surface area (Å²) in [7, 11) is 0. The number of fused-ring (bicyclic) bond motifs is 1. The summed E-state index contributed by atoms with van der Waals surface area (Å²) in [5, 5.41) is 11.5. The smallest absolute Gasteiger partial charge is 0.380 e. The van der Waals surface area contributed by atoms with Crippen molar-refractivity contribution in [2.45, 2.75) is 42.9 Å². The Morgan fingerprint density at radius 1 is 1.00 bits per heavy atom. The van der Waals surface area contributed by atoms with Gasteiger partial charge in [-0.1, -0.05) is 30.3 Å². The number of nitrogens with one attached hydrogen (secondary N) is 1. The summed E-state index contributed by atoms with van der Waals surface area (Å²) in [5.74, 6) is -0.432. The van der Waals surface area contributed by atoms with E-state index in [4.69, 9.17) is 0 Å². The van der Waals surface area contributed by atoms with E-state index < -0.39 is 35.9 Å². The quantitative estimate of drug-likeness (QED) is 0.584. The standard InChI is InChI=1S/C21H19F4NO/c22-16-7-5-15(6-8-16)19(9-10-19)13-20(27,21(23,24)25)12-17-11-14-3-1-2-4-18(14)26-17/h1-8,11,26-27H,9-10,12-13H2. The van der Waals surface area contributed by atoms with Crippen LogP contribution in [0, 0.1) is 5.82 Å². The normalized spacial score (nSPS) is 18.4. The second-order valence-electron chi connectivity index (χ2n) is 7.55. The molecule has 0 bridgehead atoms. The van der Waals surface area contributed by atoms with Crippen LogP contribution < -0.4 is 0 Å². The first-order valence-electron chi connectivity index (χ1n) is 8.83. The molecule has 1 heterocycles. The molecule has 6 heteroatoms. The molecule has 0 spiro atoms. The Balaban J connectivity index is 1.65. The Labute approximate surface area is 153 Å². The highest BCUT2D eigenvalue weighted by Gasteiger charge is 2.60. The van der Waals surface area contributed by atoms with Crippen LogP contribution in [-0.4, -0.2) is 21.9 Å². The molecule has 1 atom stereocenters. The molecule has 1 fully saturated rings. The second kappa shape index (κ2) is 6.09. The summed E-state index contributed by atoms with van der Waals surface area (Å²) < 4.78 is 54.8. The van der Waals surface area contributed by atoms with E-state index in [2.05, 4.69) is 4.98 Å². The molecule has 1 aromatic heterocycles. The molecule has 2 N–H and O–H groups in total. The lowest BCUT2D eigenvalue weighted by Crippen LogP contribution is -2.49. The predicted octanol–water partition coefficient (Wildman–Crippen LogP) is 5.26. The molecular formula is C21H19F4NO. The van der Waals surface area contributed by atoms with E-state index in [0.717, 1.165) is 10.9 Å². The van der Waals surface area contributed by atoms with Gasteiger partial charge in [0.1, 0.15) is 5.82 Å². The van der Waals surface area contributed by atoms with Gasteiger partial charge in [0.05, 0.1) is 0 Å². The average Bonchev–Trinajstić information content (AvgIpc) is 3.25. The lowest BCUT2D eigenvalue weighted by molar-refractivity contribution is -0.264. The average molecular weight is 377 g/mol. The van der Waals surface area contributed by atoms with E-state index in [1.54, 1.807) is 18.2 Å². The fourth-order valence-corrected chi connectivity index (χ4v) is 3.89. The van der Waals surface area contributed by atoms with Gasteiger partial charge < -0.3 is 10.1 Å². The van der Waals surface area contributed by atoms with Gasteiger partial charge in [-0.15, -0.1) is 0 Å². The highest BCUT2D eigenvalue weighted by Crippen LogP contribution is 2.56. The van der Waals surface area contributed by atoms with Gasteiger partial charge in [-0.25, -0.2) is 4.39 Å². The number of hydrogen-bond donors (Lipinski definition) is 2. The van der Waals surface area contributed by atoms with Crippen LogP contribution in [0.1, 0.15) is 30.5 Å². The minimum atomic E-state index is -4.78. The Kier molecular flexibility index (Phi) is 4.07. The van der Waals surface area contributed by atoms with Crippen molar-refractivity contribution in [2.75, 3.05) is 0 Å². The third kappa shape index (κ3) is 3.34. The van der Waals surface area contributed by atoms with Gasteiger partial charge in [0, 0.05) is 17.6 Å². The van der Waals surface area contributed by atoms with E-state index in [-0.39, 0.29) is 0 Å². The Bertz CT molecular complexity index is 923. The molecule has 142 valence electrons. The number of rotatable bonds is 5. The molecule has 1 aliphatic rings. The highest BCUT2D eigenvalue weighted by molar-refractivity contribution is 5.80. The lowest BCUT2D eigenvalue weighted by atomic mass is 9.80. The largest absolute Gasteiger partial charge is 0.417 e. The molecule has 4 rings (SSSR count). The number of aromatic nitrogens is 1. The topological polar surface area (TPSA) is 36.0 Å². The number of benzene rings is 2. The van der Waals surface area contributed by atoms with Crippen LogP contribution in [0.5, 0.6) is 0 Å². The van der Waals surface area contributed by atoms with Crippen molar-refractivity contribution in [3.05, 3.63) is 71.7 Å². The van der Waals surface area contributed by atoms with Crippen LogP contribution in [0.4, 0.5) is 17.6 Å². The monoisotopic (exact) mass is 377 g/mol. The van der Waals surface area contributed by atoms with Gasteiger partial charge in [0.15, 0.2) is 5.60 Å². The van der Waals surface area contributed by atoms with Gasteiger partial charge in [-0.05, 0) is 59.9 Å². The minimum Gasteiger partial charge on any atom is -0.380 e. The molecule has 1 unspecified atom stereocenters. The summed E-state index contributed by atoms with van der Waals surface area (Å²) in [6.07, 6.45) is -4.67. The van der Waals surface area contributed by atoms with Crippen molar-refractivity contribution in [2.24, 2.45) is 0 Å². The second-order valence-corrected chi connectivity index (χ2v) is 7.55. The molecular weight excluding hydrogens is 358 g/mol. The van der Waals surface area contributed by atoms with Gasteiger partial charge in [-0.3, -0.25) is 0 Å². The SMILES string of the molecule is OC(Cc1cc2ccccc2[nH]1)(CC1(c2ccc(F)cc2)CC1)C(F)(F)F. The summed E-state index contributed by atoms with van der Waals surface area (Å²) in [6, 6.07) is 14.4. The van der Waals surface area contributed by atoms with Crippen LogP contribution in [-0.2, 0) is 11.8 Å². The van der Waals surface area contributed by atoms with E-state index in [0.29, 0.717) is 24.1 Å². The number of alkyl halides is 3. The maximum Gasteiger partial charge on any atom is 0.417 e. The van der Waals surface area contributed by atoms with E-state index in [1.165, 1.54) is 24.3 Å². The summed E-state index contributed by atoms with van der Waals surface area (Å²) in [4.78, 5) is 2.97. The van der Waals surface area contributed by atoms with Crippen molar-refractivity contribution in [1.29, 1.82) is 0 Å². The highest BCUT2D eigenvalue weighted by atomic mass is 19.4. The van der Waals surface area contributed by atoms with Crippen LogP contribution in [0.2, 0.25) is 0 Å². The Morgan fingerprint density at radius 2 is 1.67 bits per heavy atom. The van der Waals surface area contributed by atoms with Crippen molar-refractivity contribution in [3.63, 3.8) is 0 Å². The van der Waals surface area contributed by atoms with Crippen molar-refractivity contribution >= 4 is 10.9 Å². The fraction of sp³-hybridized carbons (Fsp3) is 0.333. The van der Waals surface area contributed by atoms with Gasteiger partial charge in [-0.2, -0.15) is 13.2 Å². The molecule has 0 aliphatic heterocycles. The number of aromatic amines is 1. The van der Waals surface area contributed by atoms with Crippen LogP contribution in [0.25, 0.3) is 10.9 Å². The number of para-hydroxylation sites is 1. The third-order valence-electron chi connectivity index (χ3n) is 5.54. The van der Waals surface area contributed by atoms with Crippen molar-refractivity contribution < 1.29 is 22.7 Å². The fourth-order valence-electron chi connectivity index (χ4n) is 3.89. The van der Waals surface area contributed by atoms with Gasteiger partial charge in [0.2, 0.25) is 0 Å². The van der Waals surface area contributed by atoms with Gasteiger partial charge >= 0.3 is 6.18 Å². The van der Waals surface area contributed by atoms with E-state index in [1.807, 2.05) is 12.1 Å². The van der Waals surface area contributed by atoms with E-state index in [9.17, 15) is 22.7 Å².